The second-order valence-electron chi connectivity index (χ2n) is 3.44. The Balaban J connectivity index is 0.00000120. The summed E-state index contributed by atoms with van der Waals surface area (Å²) in [5, 5.41) is 9.67. The fraction of sp³-hybridized carbons (Fsp3) is 0.250. The van der Waals surface area contributed by atoms with Gasteiger partial charge in [-0.05, 0) is 6.92 Å². The topological polar surface area (TPSA) is 136 Å². The molecule has 0 radical (unpaired) electrons. The highest BCUT2D eigenvalue weighted by Gasteiger charge is 2.51. The highest BCUT2D eigenvalue weighted by molar-refractivity contribution is 7.49. The van der Waals surface area contributed by atoms with E-state index in [0.29, 0.717) is 6.29 Å². The summed E-state index contributed by atoms with van der Waals surface area (Å²) >= 11 is 0. The van der Waals surface area contributed by atoms with Gasteiger partial charge in [-0.3, -0.25) is 4.79 Å². The molecular weight excluding hydrogens is 269 g/mol. The second kappa shape index (κ2) is 4.01. The van der Waals surface area contributed by atoms with Gasteiger partial charge in [0.25, 0.3) is 0 Å². The molecule has 1 aromatic rings. The van der Waals surface area contributed by atoms with Gasteiger partial charge in [0.05, 0.1) is 16.8 Å². The molecule has 18 heavy (non-hydrogen) atoms. The molecule has 9 nitrogen and oxygen atoms in total. The summed E-state index contributed by atoms with van der Waals surface area (Å²) in [6, 6.07) is 0. The predicted octanol–water partition coefficient (Wildman–Crippen LogP) is 0.561. The summed E-state index contributed by atoms with van der Waals surface area (Å²) in [7, 11) is -3.80. The fourth-order valence-corrected chi connectivity index (χ4v) is 2.63. The molecular formula is C8H8NO8P. The van der Waals surface area contributed by atoms with Crippen molar-refractivity contribution in [2.45, 2.75) is 13.2 Å². The van der Waals surface area contributed by atoms with Crippen LogP contribution in [0.15, 0.2) is 0 Å². The first kappa shape index (κ1) is 12.9. The highest BCUT2D eigenvalue weighted by atomic mass is 31.2. The second-order valence-corrected chi connectivity index (χ2v) is 4.88. The molecule has 98 valence electrons. The van der Waals surface area contributed by atoms with Crippen molar-refractivity contribution in [1.29, 1.82) is 0 Å². The lowest BCUT2D eigenvalue weighted by atomic mass is 10.1. The first-order valence-electron chi connectivity index (χ1n) is 4.56. The van der Waals surface area contributed by atoms with Gasteiger partial charge < -0.3 is 15.1 Å². The number of phosphoric ester groups is 1. The maximum atomic E-state index is 11.6. The normalized spacial score (nSPS) is 27.9. The molecule has 2 unspecified atom stereocenters. The molecule has 2 aliphatic heterocycles. The Kier molecular flexibility index (Phi) is 2.88. The zero-order valence-electron chi connectivity index (χ0n) is 8.95. The molecule has 2 atom stereocenters. The maximum absolute atomic E-state index is 11.6. The number of nitrogens with zero attached hydrogens (tertiary/aromatic N) is 1. The van der Waals surface area contributed by atoms with Crippen molar-refractivity contribution in [3.63, 3.8) is 0 Å². The van der Waals surface area contributed by atoms with Crippen LogP contribution < -0.4 is 4.52 Å². The van der Waals surface area contributed by atoms with E-state index in [9.17, 15) is 14.5 Å². The molecule has 1 saturated heterocycles. The Hall–Kier alpha value is -1.51. The Morgan fingerprint density at radius 1 is 1.50 bits per heavy atom. The fourth-order valence-electron chi connectivity index (χ4n) is 1.61. The number of carbonyl (C=O) groups is 1. The summed E-state index contributed by atoms with van der Waals surface area (Å²) in [6.45, 7) is 1.47. The smallest absolute Gasteiger partial charge is 0.505 e. The van der Waals surface area contributed by atoms with E-state index in [2.05, 4.69) is 14.5 Å². The van der Waals surface area contributed by atoms with Gasteiger partial charge in [0.15, 0.2) is 6.29 Å². The van der Waals surface area contributed by atoms with Crippen LogP contribution in [-0.2, 0) is 18.7 Å². The van der Waals surface area contributed by atoms with Gasteiger partial charge in [0.2, 0.25) is 12.2 Å². The van der Waals surface area contributed by atoms with E-state index >= 15 is 0 Å². The zero-order valence-corrected chi connectivity index (χ0v) is 9.84. The first-order valence-corrected chi connectivity index (χ1v) is 6.02. The minimum Gasteiger partial charge on any atom is -0.505 e. The maximum Gasteiger partial charge on any atom is 0.561 e. The molecule has 0 spiro atoms. The molecule has 0 saturated carbocycles. The molecule has 1 fully saturated rings. The van der Waals surface area contributed by atoms with Crippen LogP contribution in [0.5, 0.6) is 11.6 Å². The van der Waals surface area contributed by atoms with Crippen molar-refractivity contribution in [1.82, 2.24) is 4.98 Å². The monoisotopic (exact) mass is 277 g/mol. The molecule has 2 bridgehead atoms. The Labute approximate surface area is 100 Å². The first-order chi connectivity index (χ1) is 8.04. The summed E-state index contributed by atoms with van der Waals surface area (Å²) in [5.41, 5.74) is 0.140. The Bertz CT molecular complexity index is 573. The van der Waals surface area contributed by atoms with E-state index < -0.39 is 14.1 Å². The van der Waals surface area contributed by atoms with Crippen LogP contribution in [0.2, 0.25) is 0 Å². The number of hydrogen-bond donors (Lipinski definition) is 1. The van der Waals surface area contributed by atoms with Gasteiger partial charge in [-0.25, -0.2) is 14.1 Å². The van der Waals surface area contributed by atoms with Crippen LogP contribution in [0.4, 0.5) is 0 Å². The summed E-state index contributed by atoms with van der Waals surface area (Å²) in [5.74, 6) is -0.405. The predicted molar refractivity (Wildman–Crippen MR) is 53.9 cm³/mol. The van der Waals surface area contributed by atoms with Crippen LogP contribution in [0.1, 0.15) is 27.9 Å². The molecule has 3 rings (SSSR count). The van der Waals surface area contributed by atoms with Crippen LogP contribution in [0.25, 0.3) is 0 Å². The van der Waals surface area contributed by atoms with Crippen molar-refractivity contribution in [3.05, 3.63) is 16.8 Å². The Morgan fingerprint density at radius 2 is 2.22 bits per heavy atom. The Morgan fingerprint density at radius 3 is 2.89 bits per heavy atom. The highest BCUT2D eigenvalue weighted by Crippen LogP contribution is 2.64. The number of fused-ring (bicyclic) bond motifs is 4. The zero-order chi connectivity index (χ0) is 12.2. The van der Waals surface area contributed by atoms with E-state index in [1.54, 1.807) is 0 Å². The number of rotatable bonds is 1. The summed E-state index contributed by atoms with van der Waals surface area (Å²) < 4.78 is 25.7. The van der Waals surface area contributed by atoms with Gasteiger partial charge in [-0.15, -0.1) is 4.67 Å². The molecule has 0 amide bonds. The van der Waals surface area contributed by atoms with Crippen molar-refractivity contribution in [2.24, 2.45) is 0 Å². The minimum atomic E-state index is -3.80. The number of aldehydes is 1. The van der Waals surface area contributed by atoms with Crippen molar-refractivity contribution in [2.75, 3.05) is 0 Å². The lowest BCUT2D eigenvalue weighted by Gasteiger charge is -2.20. The van der Waals surface area contributed by atoms with Crippen LogP contribution in [0.3, 0.4) is 0 Å². The average molecular weight is 277 g/mol. The summed E-state index contributed by atoms with van der Waals surface area (Å²) in [4.78, 5) is 19.4. The van der Waals surface area contributed by atoms with E-state index in [0.717, 1.165) is 0 Å². The third-order valence-electron chi connectivity index (χ3n) is 2.39. The van der Waals surface area contributed by atoms with Gasteiger partial charge in [-0.1, -0.05) is 0 Å². The number of aryl methyl sites for hydroxylation is 1. The van der Waals surface area contributed by atoms with Crippen LogP contribution in [0, 0.1) is 6.92 Å². The number of phosphoric acid groups is 1. The third-order valence-corrected chi connectivity index (χ3v) is 3.50. The molecule has 0 aromatic carbocycles. The van der Waals surface area contributed by atoms with E-state index in [-0.39, 0.29) is 33.9 Å². The molecule has 1 aromatic heterocycles. The number of carbonyl (C=O) groups excluding carboxylic acids is 1. The number of aromatic hydroxyl groups is 1. The molecule has 10 heteroatoms. The van der Waals surface area contributed by atoms with Crippen LogP contribution >= 0.6 is 7.82 Å². The van der Waals surface area contributed by atoms with Crippen molar-refractivity contribution >= 4 is 14.1 Å². The lowest BCUT2D eigenvalue weighted by Crippen LogP contribution is -2.12. The minimum absolute atomic E-state index is 0. The molecule has 0 aliphatic carbocycles. The van der Waals surface area contributed by atoms with E-state index in [4.69, 9.17) is 9.05 Å². The summed E-state index contributed by atoms with van der Waals surface area (Å²) in [6.07, 6.45) is -0.781. The van der Waals surface area contributed by atoms with Gasteiger partial charge >= 0.3 is 7.82 Å². The molecule has 3 heterocycles. The quantitative estimate of drug-likeness (QED) is 0.446. The SMILES string of the molecule is Cc1nc2c(c(C=O)c1O)C1OOP(=O)(O2)O1.O. The largest absolute Gasteiger partial charge is 0.561 e. The number of pyridine rings is 1. The number of aromatic nitrogens is 1. The van der Waals surface area contributed by atoms with Gasteiger partial charge in [0.1, 0.15) is 5.75 Å². The van der Waals surface area contributed by atoms with Gasteiger partial charge in [-0.2, -0.15) is 4.89 Å². The van der Waals surface area contributed by atoms with E-state index in [1.165, 1.54) is 6.92 Å². The standard InChI is InChI=1S/C8H6NO7P.H2O/c1-3-6(11)4(2-10)5-7(9-3)14-17(12)15-8(5)13-16-17;/h2,8,11H,1H3;1H2. The molecule has 3 N–H and O–H groups in total. The average Bonchev–Trinajstić information content (AvgIpc) is 2.59. The lowest BCUT2D eigenvalue weighted by molar-refractivity contribution is -0.248. The van der Waals surface area contributed by atoms with E-state index in [1.807, 2.05) is 0 Å². The van der Waals surface area contributed by atoms with Crippen LogP contribution in [-0.4, -0.2) is 21.9 Å². The molecule has 2 aliphatic rings. The van der Waals surface area contributed by atoms with Gasteiger partial charge in [0, 0.05) is 0 Å². The van der Waals surface area contributed by atoms with Crippen molar-refractivity contribution < 1.29 is 38.6 Å². The third kappa shape index (κ3) is 1.61. The number of hydrogen-bond acceptors (Lipinski definition) is 8. The van der Waals surface area contributed by atoms with Crippen molar-refractivity contribution in [3.8, 4) is 11.6 Å².